The molecule has 1 fully saturated rings. The summed E-state index contributed by atoms with van der Waals surface area (Å²) in [5.41, 5.74) is 1.83. The lowest BCUT2D eigenvalue weighted by molar-refractivity contribution is -0.131. The fourth-order valence-corrected chi connectivity index (χ4v) is 3.87. The van der Waals surface area contributed by atoms with E-state index in [9.17, 15) is 19.2 Å². The number of rotatable bonds is 6. The molecule has 8 nitrogen and oxygen atoms in total. The van der Waals surface area contributed by atoms with Crippen molar-refractivity contribution in [2.45, 2.75) is 26.2 Å². The van der Waals surface area contributed by atoms with E-state index in [4.69, 9.17) is 0 Å². The van der Waals surface area contributed by atoms with E-state index in [1.807, 2.05) is 17.9 Å². The molecule has 0 bridgehead atoms. The third kappa shape index (κ3) is 4.87. The molecule has 0 N–H and O–H groups in total. The molecule has 1 saturated heterocycles. The summed E-state index contributed by atoms with van der Waals surface area (Å²) in [6, 6.07) is 5.26. The summed E-state index contributed by atoms with van der Waals surface area (Å²) in [5, 5.41) is 0. The van der Waals surface area contributed by atoms with Gasteiger partial charge >= 0.3 is 0 Å². The Hall–Kier alpha value is -2.74. The Morgan fingerprint density at radius 2 is 1.73 bits per heavy atom. The number of imide groups is 1. The SMILES string of the molecule is Cc1ccc2c(c1)C(=O)N(CCCC(=O)N1CCCN(CC(=O)N(C)C)CC1)C2=O. The van der Waals surface area contributed by atoms with E-state index in [2.05, 4.69) is 4.90 Å². The zero-order valence-corrected chi connectivity index (χ0v) is 18.0. The van der Waals surface area contributed by atoms with Gasteiger partial charge in [0.25, 0.3) is 11.8 Å². The number of carbonyl (C=O) groups is 4. The monoisotopic (exact) mass is 414 g/mol. The van der Waals surface area contributed by atoms with E-state index in [1.165, 1.54) is 4.90 Å². The van der Waals surface area contributed by atoms with Crippen LogP contribution in [-0.2, 0) is 9.59 Å². The van der Waals surface area contributed by atoms with Crippen LogP contribution in [0, 0.1) is 6.92 Å². The molecule has 162 valence electrons. The lowest BCUT2D eigenvalue weighted by Gasteiger charge is -2.23. The van der Waals surface area contributed by atoms with Crippen LogP contribution < -0.4 is 0 Å². The maximum absolute atomic E-state index is 12.6. The molecule has 0 aliphatic carbocycles. The largest absolute Gasteiger partial charge is 0.348 e. The summed E-state index contributed by atoms with van der Waals surface area (Å²) in [4.78, 5) is 56.3. The van der Waals surface area contributed by atoms with Gasteiger partial charge in [0.15, 0.2) is 0 Å². The highest BCUT2D eigenvalue weighted by atomic mass is 16.2. The topological polar surface area (TPSA) is 81.2 Å². The zero-order chi connectivity index (χ0) is 21.8. The summed E-state index contributed by atoms with van der Waals surface area (Å²) in [6.07, 6.45) is 1.57. The first kappa shape index (κ1) is 22.0. The Bertz CT molecular complexity index is 852. The smallest absolute Gasteiger partial charge is 0.261 e. The molecule has 0 saturated carbocycles. The molecular formula is C22H30N4O4. The number of nitrogens with zero attached hydrogens (tertiary/aromatic N) is 4. The van der Waals surface area contributed by atoms with E-state index in [-0.39, 0.29) is 30.2 Å². The molecule has 0 spiro atoms. The Kier molecular flexibility index (Phi) is 6.87. The van der Waals surface area contributed by atoms with Gasteiger partial charge in [0, 0.05) is 53.2 Å². The molecule has 2 heterocycles. The van der Waals surface area contributed by atoms with Gasteiger partial charge in [-0.25, -0.2) is 0 Å². The second-order valence-electron chi connectivity index (χ2n) is 8.21. The van der Waals surface area contributed by atoms with Crippen molar-refractivity contribution in [1.82, 2.24) is 19.6 Å². The van der Waals surface area contributed by atoms with Gasteiger partial charge in [-0.15, -0.1) is 0 Å². The highest BCUT2D eigenvalue weighted by Gasteiger charge is 2.35. The van der Waals surface area contributed by atoms with E-state index < -0.39 is 0 Å². The minimum atomic E-state index is -0.279. The molecular weight excluding hydrogens is 384 g/mol. The Morgan fingerprint density at radius 1 is 1.00 bits per heavy atom. The van der Waals surface area contributed by atoms with Crippen molar-refractivity contribution in [3.8, 4) is 0 Å². The number of amides is 4. The molecule has 0 aromatic heterocycles. The molecule has 1 aromatic carbocycles. The van der Waals surface area contributed by atoms with Gasteiger partial charge in [0.2, 0.25) is 11.8 Å². The first-order chi connectivity index (χ1) is 14.3. The van der Waals surface area contributed by atoms with Gasteiger partial charge in [-0.05, 0) is 31.9 Å². The van der Waals surface area contributed by atoms with Crippen LogP contribution in [0.4, 0.5) is 0 Å². The summed E-state index contributed by atoms with van der Waals surface area (Å²) < 4.78 is 0. The minimum Gasteiger partial charge on any atom is -0.348 e. The van der Waals surface area contributed by atoms with Crippen LogP contribution in [0.3, 0.4) is 0 Å². The van der Waals surface area contributed by atoms with Crippen LogP contribution in [0.15, 0.2) is 18.2 Å². The van der Waals surface area contributed by atoms with Crippen molar-refractivity contribution in [2.24, 2.45) is 0 Å². The van der Waals surface area contributed by atoms with Crippen LogP contribution in [0.5, 0.6) is 0 Å². The number of fused-ring (bicyclic) bond motifs is 1. The molecule has 4 amide bonds. The molecule has 0 radical (unpaired) electrons. The van der Waals surface area contributed by atoms with Crippen LogP contribution in [0.1, 0.15) is 45.5 Å². The average Bonchev–Trinajstić information content (AvgIpc) is 2.86. The van der Waals surface area contributed by atoms with Crippen LogP contribution in [0.2, 0.25) is 0 Å². The second kappa shape index (κ2) is 9.38. The summed E-state index contributed by atoms with van der Waals surface area (Å²) in [7, 11) is 3.48. The summed E-state index contributed by atoms with van der Waals surface area (Å²) in [6.45, 7) is 5.21. The molecule has 0 unspecified atom stereocenters. The fraction of sp³-hybridized carbons (Fsp3) is 0.545. The Labute approximate surface area is 177 Å². The fourth-order valence-electron chi connectivity index (χ4n) is 3.87. The minimum absolute atomic E-state index is 0.0308. The van der Waals surface area contributed by atoms with Crippen LogP contribution >= 0.6 is 0 Å². The molecule has 2 aliphatic rings. The molecule has 8 heteroatoms. The van der Waals surface area contributed by atoms with Crippen LogP contribution in [-0.4, -0.2) is 96.6 Å². The van der Waals surface area contributed by atoms with E-state index >= 15 is 0 Å². The van der Waals surface area contributed by atoms with Crippen molar-refractivity contribution in [1.29, 1.82) is 0 Å². The standard InChI is InChI=1S/C22H30N4O4/c1-16-7-8-17-18(14-16)22(30)26(21(17)29)11-4-6-19(27)25-10-5-9-24(12-13-25)15-20(28)23(2)3/h7-8,14H,4-6,9-13,15H2,1-3H3. The molecule has 1 aromatic rings. The first-order valence-electron chi connectivity index (χ1n) is 10.4. The van der Waals surface area contributed by atoms with Crippen molar-refractivity contribution < 1.29 is 19.2 Å². The zero-order valence-electron chi connectivity index (χ0n) is 18.0. The first-order valence-corrected chi connectivity index (χ1v) is 10.4. The normalized spacial score (nSPS) is 17.2. The van der Waals surface area contributed by atoms with Crippen molar-refractivity contribution in [3.63, 3.8) is 0 Å². The maximum Gasteiger partial charge on any atom is 0.261 e. The predicted molar refractivity (Wildman–Crippen MR) is 112 cm³/mol. The number of benzene rings is 1. The number of likely N-dealkylation sites (N-methyl/N-ethyl adjacent to an activating group) is 1. The van der Waals surface area contributed by atoms with Crippen molar-refractivity contribution >= 4 is 23.6 Å². The van der Waals surface area contributed by atoms with Gasteiger partial charge in [0.1, 0.15) is 0 Å². The highest BCUT2D eigenvalue weighted by Crippen LogP contribution is 2.24. The van der Waals surface area contributed by atoms with Crippen molar-refractivity contribution in [2.75, 3.05) is 53.4 Å². The quantitative estimate of drug-likeness (QED) is 0.649. The Balaban J connectivity index is 1.47. The lowest BCUT2D eigenvalue weighted by Crippen LogP contribution is -2.39. The summed E-state index contributed by atoms with van der Waals surface area (Å²) >= 11 is 0. The van der Waals surface area contributed by atoms with Gasteiger partial charge in [-0.2, -0.15) is 0 Å². The molecule has 30 heavy (non-hydrogen) atoms. The number of hydrogen-bond donors (Lipinski definition) is 0. The number of carbonyl (C=O) groups excluding carboxylic acids is 4. The van der Waals surface area contributed by atoms with E-state index in [0.717, 1.165) is 18.5 Å². The highest BCUT2D eigenvalue weighted by molar-refractivity contribution is 6.21. The number of hydrogen-bond acceptors (Lipinski definition) is 5. The maximum atomic E-state index is 12.6. The summed E-state index contributed by atoms with van der Waals surface area (Å²) in [5.74, 6) is -0.463. The molecule has 0 atom stereocenters. The van der Waals surface area contributed by atoms with E-state index in [1.54, 1.807) is 31.1 Å². The van der Waals surface area contributed by atoms with E-state index in [0.29, 0.717) is 50.1 Å². The van der Waals surface area contributed by atoms with Crippen LogP contribution in [0.25, 0.3) is 0 Å². The number of aryl methyl sites for hydroxylation is 1. The van der Waals surface area contributed by atoms with Crippen molar-refractivity contribution in [3.05, 3.63) is 34.9 Å². The third-order valence-electron chi connectivity index (χ3n) is 5.70. The van der Waals surface area contributed by atoms with Gasteiger partial charge in [-0.3, -0.25) is 29.0 Å². The molecule has 2 aliphatic heterocycles. The lowest BCUT2D eigenvalue weighted by atomic mass is 10.1. The van der Waals surface area contributed by atoms with Gasteiger partial charge in [0.05, 0.1) is 17.7 Å². The van der Waals surface area contributed by atoms with Gasteiger partial charge in [-0.1, -0.05) is 11.6 Å². The van der Waals surface area contributed by atoms with Gasteiger partial charge < -0.3 is 9.80 Å². The predicted octanol–water partition coefficient (Wildman–Crippen LogP) is 0.994. The average molecular weight is 415 g/mol. The second-order valence-corrected chi connectivity index (χ2v) is 8.21. The molecule has 3 rings (SSSR count). The third-order valence-corrected chi connectivity index (χ3v) is 5.70. The Morgan fingerprint density at radius 3 is 2.47 bits per heavy atom.